The van der Waals surface area contributed by atoms with Crippen molar-refractivity contribution in [3.8, 4) is 33.5 Å². The van der Waals surface area contributed by atoms with Gasteiger partial charge in [-0.25, -0.2) is 13.4 Å². The molecule has 5 aromatic rings. The Balaban J connectivity index is 1.59. The summed E-state index contributed by atoms with van der Waals surface area (Å²) in [5, 5.41) is 3.76. The zero-order valence-corrected chi connectivity index (χ0v) is 20.1. The molecule has 8 nitrogen and oxygen atoms in total. The fourth-order valence-corrected chi connectivity index (χ4v) is 5.75. The van der Waals surface area contributed by atoms with Gasteiger partial charge in [0.05, 0.1) is 27.7 Å². The molecule has 1 aliphatic rings. The van der Waals surface area contributed by atoms with Gasteiger partial charge in [-0.2, -0.15) is 0 Å². The molecule has 2 N–H and O–H groups in total. The Bertz CT molecular complexity index is 1650. The van der Waals surface area contributed by atoms with Crippen molar-refractivity contribution in [2.45, 2.75) is 31.9 Å². The standard InChI is InChI=1S/C26H23N5O3S/c1-15-23(16(2)34-30-15)18-13-21(20-9-6-12-27-24(20)17-7-4-3-5-8-17)25-22(14-18)28-26(29-25)31-35(32,33)19-10-11-19/h3-9,12-14,19H,10-11H2,1-2H3,(H2,28,29,31). The van der Waals surface area contributed by atoms with E-state index in [2.05, 4.69) is 24.8 Å². The van der Waals surface area contributed by atoms with Gasteiger partial charge in [-0.15, -0.1) is 0 Å². The molecule has 6 rings (SSSR count). The molecule has 3 aromatic heterocycles. The van der Waals surface area contributed by atoms with E-state index in [0.29, 0.717) is 29.6 Å². The molecule has 0 unspecified atom stereocenters. The summed E-state index contributed by atoms with van der Waals surface area (Å²) >= 11 is 0. The van der Waals surface area contributed by atoms with Crippen LogP contribution in [0.2, 0.25) is 0 Å². The first-order valence-corrected chi connectivity index (χ1v) is 12.9. The molecular weight excluding hydrogens is 462 g/mol. The van der Waals surface area contributed by atoms with Crippen LogP contribution in [0, 0.1) is 13.8 Å². The number of aryl methyl sites for hydroxylation is 2. The summed E-state index contributed by atoms with van der Waals surface area (Å²) in [7, 11) is -3.46. The van der Waals surface area contributed by atoms with Crippen LogP contribution in [0.3, 0.4) is 0 Å². The molecule has 0 radical (unpaired) electrons. The molecule has 9 heteroatoms. The second-order valence-electron chi connectivity index (χ2n) is 8.82. The van der Waals surface area contributed by atoms with E-state index < -0.39 is 10.0 Å². The van der Waals surface area contributed by atoms with Crippen molar-refractivity contribution in [1.29, 1.82) is 0 Å². The number of H-pyrrole nitrogens is 1. The topological polar surface area (TPSA) is 114 Å². The van der Waals surface area contributed by atoms with Crippen molar-refractivity contribution in [2.24, 2.45) is 0 Å². The monoisotopic (exact) mass is 485 g/mol. The van der Waals surface area contributed by atoms with Gasteiger partial charge >= 0.3 is 0 Å². The third-order valence-corrected chi connectivity index (χ3v) is 8.08. The van der Waals surface area contributed by atoms with Gasteiger partial charge in [0, 0.05) is 28.5 Å². The number of aromatic amines is 1. The van der Waals surface area contributed by atoms with Crippen molar-refractivity contribution >= 4 is 27.0 Å². The Hall–Kier alpha value is -3.98. The summed E-state index contributed by atoms with van der Waals surface area (Å²) in [6, 6.07) is 17.8. The van der Waals surface area contributed by atoms with Crippen LogP contribution in [0.5, 0.6) is 0 Å². The summed E-state index contributed by atoms with van der Waals surface area (Å²) in [5.41, 5.74) is 7.43. The summed E-state index contributed by atoms with van der Waals surface area (Å²) in [6.45, 7) is 3.78. The van der Waals surface area contributed by atoms with Gasteiger partial charge in [-0.05, 0) is 50.5 Å². The Morgan fingerprint density at radius 3 is 2.51 bits per heavy atom. The van der Waals surface area contributed by atoms with Crippen molar-refractivity contribution in [3.05, 3.63) is 72.2 Å². The lowest BCUT2D eigenvalue weighted by Gasteiger charge is -2.11. The van der Waals surface area contributed by atoms with Gasteiger partial charge in [-0.1, -0.05) is 41.6 Å². The third-order valence-electron chi connectivity index (χ3n) is 6.26. The van der Waals surface area contributed by atoms with Crippen LogP contribution in [0.4, 0.5) is 5.95 Å². The van der Waals surface area contributed by atoms with Crippen molar-refractivity contribution < 1.29 is 12.9 Å². The molecule has 3 heterocycles. The molecule has 1 fully saturated rings. The van der Waals surface area contributed by atoms with Crippen LogP contribution in [0.25, 0.3) is 44.5 Å². The number of nitrogens with zero attached hydrogens (tertiary/aromatic N) is 3. The molecule has 0 saturated heterocycles. The normalized spacial score (nSPS) is 13.9. The molecular formula is C26H23N5O3S. The smallest absolute Gasteiger partial charge is 0.237 e. The molecule has 176 valence electrons. The summed E-state index contributed by atoms with van der Waals surface area (Å²) in [5.74, 6) is 0.908. The van der Waals surface area contributed by atoms with Crippen molar-refractivity contribution in [2.75, 3.05) is 4.72 Å². The van der Waals surface area contributed by atoms with E-state index in [4.69, 9.17) is 4.52 Å². The second kappa shape index (κ2) is 8.06. The third kappa shape index (κ3) is 3.87. The highest BCUT2D eigenvalue weighted by atomic mass is 32.2. The highest BCUT2D eigenvalue weighted by Crippen LogP contribution is 2.39. The maximum Gasteiger partial charge on any atom is 0.237 e. The number of benzene rings is 2. The highest BCUT2D eigenvalue weighted by molar-refractivity contribution is 7.93. The van der Waals surface area contributed by atoms with Crippen molar-refractivity contribution in [1.82, 2.24) is 20.1 Å². The van der Waals surface area contributed by atoms with Gasteiger partial charge in [-0.3, -0.25) is 9.71 Å². The van der Waals surface area contributed by atoms with Crippen LogP contribution in [0.1, 0.15) is 24.3 Å². The van der Waals surface area contributed by atoms with E-state index in [1.165, 1.54) is 0 Å². The van der Waals surface area contributed by atoms with E-state index in [1.54, 1.807) is 6.20 Å². The zero-order valence-electron chi connectivity index (χ0n) is 19.2. The molecule has 0 atom stereocenters. The lowest BCUT2D eigenvalue weighted by atomic mass is 9.94. The Kier molecular flexibility index (Phi) is 4.96. The van der Waals surface area contributed by atoms with Crippen LogP contribution < -0.4 is 4.72 Å². The van der Waals surface area contributed by atoms with Crippen molar-refractivity contribution in [3.63, 3.8) is 0 Å². The average Bonchev–Trinajstić information content (AvgIpc) is 3.57. The summed E-state index contributed by atoms with van der Waals surface area (Å²) < 4.78 is 33.2. The number of fused-ring (bicyclic) bond motifs is 1. The van der Waals surface area contributed by atoms with Crippen LogP contribution in [-0.2, 0) is 10.0 Å². The van der Waals surface area contributed by atoms with Gasteiger partial charge < -0.3 is 9.51 Å². The molecule has 35 heavy (non-hydrogen) atoms. The number of sulfonamides is 1. The van der Waals surface area contributed by atoms with E-state index in [9.17, 15) is 8.42 Å². The minimum Gasteiger partial charge on any atom is -0.361 e. The first kappa shape index (κ1) is 21.5. The van der Waals surface area contributed by atoms with Crippen LogP contribution in [0.15, 0.2) is 65.3 Å². The minimum atomic E-state index is -3.46. The number of hydrogen-bond acceptors (Lipinski definition) is 6. The largest absolute Gasteiger partial charge is 0.361 e. The maximum atomic E-state index is 12.6. The quantitative estimate of drug-likeness (QED) is 0.330. The number of pyridine rings is 1. The van der Waals surface area contributed by atoms with Crippen LogP contribution in [-0.4, -0.2) is 33.8 Å². The fourth-order valence-electron chi connectivity index (χ4n) is 4.46. The Labute approximate surface area is 202 Å². The number of rotatable bonds is 6. The maximum absolute atomic E-state index is 12.6. The minimum absolute atomic E-state index is 0.203. The summed E-state index contributed by atoms with van der Waals surface area (Å²) in [4.78, 5) is 12.5. The van der Waals surface area contributed by atoms with Crippen LogP contribution >= 0.6 is 0 Å². The Morgan fingerprint density at radius 2 is 1.80 bits per heavy atom. The molecule has 1 aliphatic carbocycles. The molecule has 0 bridgehead atoms. The average molecular weight is 486 g/mol. The van der Waals surface area contributed by atoms with E-state index >= 15 is 0 Å². The highest BCUT2D eigenvalue weighted by Gasteiger charge is 2.36. The SMILES string of the molecule is Cc1noc(C)c1-c1cc(-c2cccnc2-c2ccccc2)c2nc(NS(=O)(=O)C3CC3)[nH]c2c1. The first-order valence-electron chi connectivity index (χ1n) is 11.4. The first-order chi connectivity index (χ1) is 16.9. The second-order valence-corrected chi connectivity index (χ2v) is 10.8. The predicted molar refractivity (Wildman–Crippen MR) is 135 cm³/mol. The number of imidazole rings is 1. The van der Waals surface area contributed by atoms with Gasteiger partial charge in [0.2, 0.25) is 16.0 Å². The van der Waals surface area contributed by atoms with Gasteiger partial charge in [0.1, 0.15) is 5.76 Å². The number of aromatic nitrogens is 4. The zero-order chi connectivity index (χ0) is 24.2. The molecule has 0 aliphatic heterocycles. The number of hydrogen-bond donors (Lipinski definition) is 2. The molecule has 1 saturated carbocycles. The van der Waals surface area contributed by atoms with E-state index in [-0.39, 0.29) is 11.2 Å². The number of nitrogens with one attached hydrogen (secondary N) is 2. The van der Waals surface area contributed by atoms with Gasteiger partial charge in [0.25, 0.3) is 0 Å². The Morgan fingerprint density at radius 1 is 1.00 bits per heavy atom. The summed E-state index contributed by atoms with van der Waals surface area (Å²) in [6.07, 6.45) is 3.11. The predicted octanol–water partition coefficient (Wildman–Crippen LogP) is 5.47. The number of anilines is 1. The van der Waals surface area contributed by atoms with Gasteiger partial charge in [0.15, 0.2) is 0 Å². The lowest BCUT2D eigenvalue weighted by Crippen LogP contribution is -2.18. The molecule has 2 aromatic carbocycles. The van der Waals surface area contributed by atoms with E-state index in [1.807, 2.05) is 68.4 Å². The molecule has 0 amide bonds. The lowest BCUT2D eigenvalue weighted by molar-refractivity contribution is 0.393. The fraction of sp³-hybridized carbons (Fsp3) is 0.192. The van der Waals surface area contributed by atoms with E-state index in [0.717, 1.165) is 39.2 Å². The molecule has 0 spiro atoms.